The summed E-state index contributed by atoms with van der Waals surface area (Å²) in [5, 5.41) is 18.4. The van der Waals surface area contributed by atoms with E-state index in [9.17, 15) is 10.0 Å². The van der Waals surface area contributed by atoms with Crippen LogP contribution in [0.2, 0.25) is 0 Å². The van der Waals surface area contributed by atoms with Gasteiger partial charge in [-0.1, -0.05) is 24.3 Å². The summed E-state index contributed by atoms with van der Waals surface area (Å²) in [5.41, 5.74) is 1.71. The molecule has 0 saturated carbocycles. The van der Waals surface area contributed by atoms with Crippen LogP contribution in [0.1, 0.15) is 5.56 Å². The van der Waals surface area contributed by atoms with Gasteiger partial charge in [-0.25, -0.2) is 0 Å². The van der Waals surface area contributed by atoms with Crippen molar-refractivity contribution in [1.82, 2.24) is 14.7 Å². The van der Waals surface area contributed by atoms with Crippen LogP contribution in [0.5, 0.6) is 0 Å². The molecule has 0 amide bonds. The van der Waals surface area contributed by atoms with Crippen molar-refractivity contribution in [2.24, 2.45) is 0 Å². The van der Waals surface area contributed by atoms with Crippen LogP contribution in [0.25, 0.3) is 0 Å². The van der Waals surface area contributed by atoms with Gasteiger partial charge in [-0.3, -0.25) is 9.80 Å². The van der Waals surface area contributed by atoms with E-state index in [0.717, 1.165) is 51.4 Å². The number of hydrogen-bond donors (Lipinski definition) is 2. The van der Waals surface area contributed by atoms with Crippen LogP contribution < -0.4 is 5.46 Å². The number of nitrogens with zero attached hydrogens (tertiary/aromatic N) is 3. The third-order valence-electron chi connectivity index (χ3n) is 3.98. The summed E-state index contributed by atoms with van der Waals surface area (Å²) in [4.78, 5) is 7.15. The fourth-order valence-corrected chi connectivity index (χ4v) is 2.62. The number of rotatable bonds is 6. The second-order valence-corrected chi connectivity index (χ2v) is 6.04. The first-order valence-corrected chi connectivity index (χ1v) is 7.59. The lowest BCUT2D eigenvalue weighted by atomic mass is 9.79. The lowest BCUT2D eigenvalue weighted by molar-refractivity contribution is 0.120. The Hall–Kier alpha value is -0.915. The largest absolute Gasteiger partial charge is 0.488 e. The normalized spacial score (nSPS) is 17.4. The zero-order chi connectivity index (χ0) is 15.2. The van der Waals surface area contributed by atoms with Gasteiger partial charge in [0.2, 0.25) is 0 Å². The molecule has 1 aliphatic heterocycles. The average Bonchev–Trinajstić information content (AvgIpc) is 2.47. The molecular formula is C15H26BN3O2. The Kier molecular flexibility index (Phi) is 6.20. The maximum Gasteiger partial charge on any atom is 0.488 e. The first-order chi connectivity index (χ1) is 10.0. The third-order valence-corrected chi connectivity index (χ3v) is 3.98. The van der Waals surface area contributed by atoms with Gasteiger partial charge in [-0.15, -0.1) is 0 Å². The van der Waals surface area contributed by atoms with Crippen molar-refractivity contribution >= 4 is 12.6 Å². The highest BCUT2D eigenvalue weighted by Gasteiger charge is 2.17. The van der Waals surface area contributed by atoms with Gasteiger partial charge in [0.25, 0.3) is 0 Å². The molecule has 5 nitrogen and oxygen atoms in total. The van der Waals surface area contributed by atoms with Crippen LogP contribution in [-0.2, 0) is 6.54 Å². The first kappa shape index (κ1) is 16.5. The molecule has 0 radical (unpaired) electrons. The maximum atomic E-state index is 9.22. The molecule has 0 spiro atoms. The molecule has 116 valence electrons. The van der Waals surface area contributed by atoms with Gasteiger partial charge in [0.1, 0.15) is 0 Å². The van der Waals surface area contributed by atoms with E-state index < -0.39 is 7.12 Å². The van der Waals surface area contributed by atoms with Crippen LogP contribution in [0.4, 0.5) is 0 Å². The molecular weight excluding hydrogens is 265 g/mol. The summed E-state index contributed by atoms with van der Waals surface area (Å²) >= 11 is 0. The average molecular weight is 291 g/mol. The van der Waals surface area contributed by atoms with Crippen LogP contribution in [0.3, 0.4) is 0 Å². The molecule has 1 heterocycles. The standard InChI is InChI=1S/C15H26BN3O2/c1-17(2)6-7-18-8-10-19(11-9-18)13-14-4-3-5-15(12-14)16(20)21/h3-5,12,20-21H,6-11,13H2,1-2H3. The summed E-state index contributed by atoms with van der Waals surface area (Å²) in [5.74, 6) is 0. The predicted octanol–water partition coefficient (Wildman–Crippen LogP) is -0.954. The minimum Gasteiger partial charge on any atom is -0.423 e. The van der Waals surface area contributed by atoms with Gasteiger partial charge in [0.15, 0.2) is 0 Å². The number of piperazine rings is 1. The van der Waals surface area contributed by atoms with Crippen LogP contribution >= 0.6 is 0 Å². The smallest absolute Gasteiger partial charge is 0.423 e. The van der Waals surface area contributed by atoms with Gasteiger partial charge in [0, 0.05) is 45.8 Å². The Morgan fingerprint density at radius 3 is 2.38 bits per heavy atom. The van der Waals surface area contributed by atoms with Crippen molar-refractivity contribution in [2.75, 3.05) is 53.4 Å². The Bertz CT molecular complexity index is 435. The van der Waals surface area contributed by atoms with Crippen molar-refractivity contribution in [3.63, 3.8) is 0 Å². The molecule has 0 atom stereocenters. The number of benzene rings is 1. The van der Waals surface area contributed by atoms with Gasteiger partial charge < -0.3 is 14.9 Å². The van der Waals surface area contributed by atoms with E-state index in [1.54, 1.807) is 6.07 Å². The maximum absolute atomic E-state index is 9.22. The molecule has 6 heteroatoms. The topological polar surface area (TPSA) is 50.2 Å². The van der Waals surface area contributed by atoms with E-state index in [4.69, 9.17) is 0 Å². The molecule has 1 aromatic carbocycles. The SMILES string of the molecule is CN(C)CCN1CCN(Cc2cccc(B(O)O)c2)CC1. The fourth-order valence-electron chi connectivity index (χ4n) is 2.62. The van der Waals surface area contributed by atoms with Crippen LogP contribution in [0.15, 0.2) is 24.3 Å². The summed E-state index contributed by atoms with van der Waals surface area (Å²) in [7, 11) is 2.84. The summed E-state index contributed by atoms with van der Waals surface area (Å²) in [6, 6.07) is 7.55. The van der Waals surface area contributed by atoms with Crippen molar-refractivity contribution in [3.05, 3.63) is 29.8 Å². The lowest BCUT2D eigenvalue weighted by Crippen LogP contribution is -2.47. The Morgan fingerprint density at radius 2 is 1.76 bits per heavy atom. The molecule has 1 saturated heterocycles. The van der Waals surface area contributed by atoms with E-state index in [1.165, 1.54) is 0 Å². The molecule has 2 rings (SSSR count). The Balaban J connectivity index is 1.79. The van der Waals surface area contributed by atoms with Crippen LogP contribution in [0, 0.1) is 0 Å². The van der Waals surface area contributed by atoms with Crippen molar-refractivity contribution in [3.8, 4) is 0 Å². The molecule has 2 N–H and O–H groups in total. The molecule has 0 aromatic heterocycles. The predicted molar refractivity (Wildman–Crippen MR) is 86.5 cm³/mol. The molecule has 0 unspecified atom stereocenters. The second kappa shape index (κ2) is 7.91. The van der Waals surface area contributed by atoms with E-state index >= 15 is 0 Å². The monoisotopic (exact) mass is 291 g/mol. The van der Waals surface area contributed by atoms with Crippen molar-refractivity contribution in [1.29, 1.82) is 0 Å². The zero-order valence-corrected chi connectivity index (χ0v) is 13.1. The van der Waals surface area contributed by atoms with E-state index in [0.29, 0.717) is 5.46 Å². The summed E-state index contributed by atoms with van der Waals surface area (Å²) in [6.45, 7) is 7.47. The van der Waals surface area contributed by atoms with Crippen molar-refractivity contribution < 1.29 is 10.0 Å². The molecule has 1 aliphatic rings. The lowest BCUT2D eigenvalue weighted by Gasteiger charge is -2.35. The van der Waals surface area contributed by atoms with E-state index in [1.807, 2.05) is 18.2 Å². The van der Waals surface area contributed by atoms with Gasteiger partial charge in [-0.2, -0.15) is 0 Å². The zero-order valence-electron chi connectivity index (χ0n) is 13.1. The Morgan fingerprint density at radius 1 is 1.10 bits per heavy atom. The molecule has 1 aromatic rings. The van der Waals surface area contributed by atoms with E-state index in [-0.39, 0.29) is 0 Å². The van der Waals surface area contributed by atoms with Gasteiger partial charge in [0.05, 0.1) is 0 Å². The second-order valence-electron chi connectivity index (χ2n) is 6.04. The minimum atomic E-state index is -1.38. The van der Waals surface area contributed by atoms with E-state index in [2.05, 4.69) is 28.8 Å². The minimum absolute atomic E-state index is 0.567. The Labute approximate surface area is 127 Å². The van der Waals surface area contributed by atoms with Gasteiger partial charge >= 0.3 is 7.12 Å². The van der Waals surface area contributed by atoms with Crippen LogP contribution in [-0.4, -0.2) is 85.2 Å². The molecule has 0 bridgehead atoms. The fraction of sp³-hybridized carbons (Fsp3) is 0.600. The number of hydrogen-bond acceptors (Lipinski definition) is 5. The quantitative estimate of drug-likeness (QED) is 0.662. The number of likely N-dealkylation sites (N-methyl/N-ethyl adjacent to an activating group) is 1. The van der Waals surface area contributed by atoms with Crippen molar-refractivity contribution in [2.45, 2.75) is 6.54 Å². The summed E-state index contributed by atoms with van der Waals surface area (Å²) in [6.07, 6.45) is 0. The molecule has 1 fully saturated rings. The third kappa shape index (κ3) is 5.41. The molecule has 21 heavy (non-hydrogen) atoms. The highest BCUT2D eigenvalue weighted by atomic mass is 16.4. The highest BCUT2D eigenvalue weighted by molar-refractivity contribution is 6.58. The highest BCUT2D eigenvalue weighted by Crippen LogP contribution is 2.07. The first-order valence-electron chi connectivity index (χ1n) is 7.59. The van der Waals surface area contributed by atoms with Gasteiger partial charge in [-0.05, 0) is 25.1 Å². The summed E-state index contributed by atoms with van der Waals surface area (Å²) < 4.78 is 0. The molecule has 0 aliphatic carbocycles.